The summed E-state index contributed by atoms with van der Waals surface area (Å²) < 4.78 is 0. The average molecular weight is 489 g/mol. The van der Waals surface area contributed by atoms with Crippen LogP contribution in [-0.2, 0) is 22.4 Å². The second kappa shape index (κ2) is 18.5. The monoisotopic (exact) mass is 488 g/mol. The average Bonchev–Trinajstić information content (AvgIpc) is 2.86. The van der Waals surface area contributed by atoms with Gasteiger partial charge in [-0.05, 0) is 66.6 Å². The summed E-state index contributed by atoms with van der Waals surface area (Å²) in [5.74, 6) is 0.170. The molecule has 0 aromatic heterocycles. The van der Waals surface area contributed by atoms with E-state index in [-0.39, 0.29) is 23.6 Å². The second-order valence-electron chi connectivity index (χ2n) is 7.35. The van der Waals surface area contributed by atoms with Crippen LogP contribution in [0.25, 0.3) is 0 Å². The third-order valence-electron chi connectivity index (χ3n) is 5.21. The summed E-state index contributed by atoms with van der Waals surface area (Å²) in [6.07, 6.45) is 1.46. The number of phenolic OH excluding ortho intramolecular Hbond substituents is 1. The van der Waals surface area contributed by atoms with Gasteiger partial charge in [0.15, 0.2) is 0 Å². The SMILES string of the molecule is CC.CC.CC.CC(=O)Nc1c(C)cc(CC2c3cc(O)ccc3CCN2C(C)=O)cc1C.CO. The minimum atomic E-state index is -0.108. The zero-order chi connectivity index (χ0) is 27.7. The predicted octanol–water partition coefficient (Wildman–Crippen LogP) is 6.34. The lowest BCUT2D eigenvalue weighted by Gasteiger charge is -2.37. The highest BCUT2D eigenvalue weighted by Crippen LogP contribution is 2.35. The van der Waals surface area contributed by atoms with Gasteiger partial charge in [0.05, 0.1) is 6.04 Å². The van der Waals surface area contributed by atoms with E-state index in [2.05, 4.69) is 17.4 Å². The summed E-state index contributed by atoms with van der Waals surface area (Å²) in [6.45, 7) is 19.7. The van der Waals surface area contributed by atoms with E-state index in [1.165, 1.54) is 12.5 Å². The maximum Gasteiger partial charge on any atom is 0.221 e. The highest BCUT2D eigenvalue weighted by Gasteiger charge is 2.29. The first-order valence-electron chi connectivity index (χ1n) is 12.7. The Morgan fingerprint density at radius 2 is 1.46 bits per heavy atom. The fraction of sp³-hybridized carbons (Fsp3) is 0.517. The van der Waals surface area contributed by atoms with Gasteiger partial charge in [0.25, 0.3) is 0 Å². The molecule has 0 radical (unpaired) electrons. The van der Waals surface area contributed by atoms with Crippen LogP contribution >= 0.6 is 0 Å². The molecule has 3 N–H and O–H groups in total. The summed E-state index contributed by atoms with van der Waals surface area (Å²) in [5.41, 5.74) is 6.14. The highest BCUT2D eigenvalue weighted by atomic mass is 16.3. The fourth-order valence-corrected chi connectivity index (χ4v) is 4.05. The van der Waals surface area contributed by atoms with Gasteiger partial charge in [-0.2, -0.15) is 0 Å². The number of amides is 2. The molecule has 0 fully saturated rings. The third-order valence-corrected chi connectivity index (χ3v) is 5.21. The van der Waals surface area contributed by atoms with Gasteiger partial charge in [-0.1, -0.05) is 59.7 Å². The lowest BCUT2D eigenvalue weighted by atomic mass is 9.87. The lowest BCUT2D eigenvalue weighted by molar-refractivity contribution is -0.131. The molecule has 6 heteroatoms. The lowest BCUT2D eigenvalue weighted by Crippen LogP contribution is -2.39. The molecule has 6 nitrogen and oxygen atoms in total. The molecule has 0 saturated carbocycles. The van der Waals surface area contributed by atoms with Gasteiger partial charge in [-0.25, -0.2) is 0 Å². The van der Waals surface area contributed by atoms with Gasteiger partial charge in [0.1, 0.15) is 5.75 Å². The Kier molecular flexibility index (Phi) is 18.1. The van der Waals surface area contributed by atoms with Crippen molar-refractivity contribution in [2.75, 3.05) is 19.0 Å². The van der Waals surface area contributed by atoms with E-state index in [1.807, 2.05) is 66.4 Å². The van der Waals surface area contributed by atoms with Crippen LogP contribution in [0.3, 0.4) is 0 Å². The van der Waals surface area contributed by atoms with Crippen LogP contribution in [0.2, 0.25) is 0 Å². The zero-order valence-corrected chi connectivity index (χ0v) is 23.7. The summed E-state index contributed by atoms with van der Waals surface area (Å²) in [4.78, 5) is 25.5. The number of phenols is 1. The number of fused-ring (bicyclic) bond motifs is 1. The Hall–Kier alpha value is -2.86. The first kappa shape index (κ1) is 34.3. The van der Waals surface area contributed by atoms with E-state index in [1.54, 1.807) is 19.1 Å². The number of aliphatic hydroxyl groups is 1. The van der Waals surface area contributed by atoms with Gasteiger partial charge < -0.3 is 20.4 Å². The molecule has 1 atom stereocenters. The number of hydrogen-bond donors (Lipinski definition) is 3. The number of benzene rings is 2. The maximum absolute atomic E-state index is 12.2. The van der Waals surface area contributed by atoms with Crippen molar-refractivity contribution in [1.29, 1.82) is 0 Å². The number of aromatic hydroxyl groups is 1. The van der Waals surface area contributed by atoms with Crippen molar-refractivity contribution >= 4 is 17.5 Å². The summed E-state index contributed by atoms with van der Waals surface area (Å²) >= 11 is 0. The first-order valence-corrected chi connectivity index (χ1v) is 12.7. The van der Waals surface area contributed by atoms with E-state index in [0.717, 1.165) is 41.5 Å². The van der Waals surface area contributed by atoms with E-state index >= 15 is 0 Å². The minimum absolute atomic E-state index is 0.0392. The normalized spacial score (nSPS) is 13.0. The quantitative estimate of drug-likeness (QED) is 0.470. The number of hydrogen-bond acceptors (Lipinski definition) is 4. The zero-order valence-electron chi connectivity index (χ0n) is 23.7. The molecule has 1 aliphatic heterocycles. The number of carbonyl (C=O) groups excluding carboxylic acids is 2. The minimum Gasteiger partial charge on any atom is -0.508 e. The topological polar surface area (TPSA) is 89.9 Å². The Morgan fingerprint density at radius 1 is 0.943 bits per heavy atom. The Morgan fingerprint density at radius 3 is 1.91 bits per heavy atom. The van der Waals surface area contributed by atoms with Crippen molar-refractivity contribution in [3.63, 3.8) is 0 Å². The second-order valence-corrected chi connectivity index (χ2v) is 7.35. The number of carbonyl (C=O) groups is 2. The molecule has 1 unspecified atom stereocenters. The molecule has 0 aliphatic carbocycles. The number of nitrogens with zero attached hydrogens (tertiary/aromatic N) is 1. The number of nitrogens with one attached hydrogen (secondary N) is 1. The van der Waals surface area contributed by atoms with E-state index in [0.29, 0.717) is 13.0 Å². The van der Waals surface area contributed by atoms with Gasteiger partial charge in [0, 0.05) is 33.2 Å². The molecule has 3 rings (SSSR count). The first-order chi connectivity index (χ1) is 16.8. The van der Waals surface area contributed by atoms with E-state index < -0.39 is 0 Å². The third kappa shape index (κ3) is 10.1. The molecule has 2 aromatic rings. The molecule has 1 aliphatic rings. The standard InChI is InChI=1S/C22H26N2O3.3C2H6.CH4O/c1-13-9-17(10-14(2)22(13)23-15(3)25)11-21-20-12-19(27)6-5-18(20)7-8-24(21)16(4)26;4*1-2/h5-6,9-10,12,21,27H,7-8,11H2,1-4H3,(H,23,25);3*1-2H3;2H,1H3. The molecule has 2 aromatic carbocycles. The van der Waals surface area contributed by atoms with Crippen LogP contribution in [0.15, 0.2) is 30.3 Å². The smallest absolute Gasteiger partial charge is 0.221 e. The molecule has 0 saturated heterocycles. The summed E-state index contributed by atoms with van der Waals surface area (Å²) in [5, 5.41) is 19.8. The molecule has 198 valence electrons. The molecule has 2 amide bonds. The van der Waals surface area contributed by atoms with E-state index in [4.69, 9.17) is 5.11 Å². The van der Waals surface area contributed by atoms with Crippen molar-refractivity contribution < 1.29 is 19.8 Å². The van der Waals surface area contributed by atoms with Crippen LogP contribution < -0.4 is 5.32 Å². The molecule has 1 heterocycles. The number of aliphatic hydroxyl groups excluding tert-OH is 1. The van der Waals surface area contributed by atoms with Crippen LogP contribution in [0.4, 0.5) is 5.69 Å². The number of anilines is 1. The van der Waals surface area contributed by atoms with E-state index in [9.17, 15) is 14.7 Å². The largest absolute Gasteiger partial charge is 0.508 e. The van der Waals surface area contributed by atoms with Crippen molar-refractivity contribution in [1.82, 2.24) is 4.90 Å². The number of aryl methyl sites for hydroxylation is 2. The summed E-state index contributed by atoms with van der Waals surface area (Å²) in [6, 6.07) is 9.45. The van der Waals surface area contributed by atoms with Crippen LogP contribution in [0.5, 0.6) is 5.75 Å². The van der Waals surface area contributed by atoms with Gasteiger partial charge in [-0.3, -0.25) is 9.59 Å². The molecular weight excluding hydrogens is 440 g/mol. The summed E-state index contributed by atoms with van der Waals surface area (Å²) in [7, 11) is 1.00. The van der Waals surface area contributed by atoms with Crippen molar-refractivity contribution in [3.05, 3.63) is 58.1 Å². The van der Waals surface area contributed by atoms with Gasteiger partial charge in [-0.15, -0.1) is 0 Å². The fourth-order valence-electron chi connectivity index (χ4n) is 4.05. The van der Waals surface area contributed by atoms with Crippen LogP contribution in [0, 0.1) is 13.8 Å². The molecular formula is C29H48N2O4. The van der Waals surface area contributed by atoms with Crippen molar-refractivity contribution in [3.8, 4) is 5.75 Å². The van der Waals surface area contributed by atoms with Crippen molar-refractivity contribution in [2.45, 2.75) is 88.1 Å². The maximum atomic E-state index is 12.2. The van der Waals surface area contributed by atoms with Crippen LogP contribution in [0.1, 0.15) is 89.2 Å². The van der Waals surface area contributed by atoms with Gasteiger partial charge in [0.2, 0.25) is 11.8 Å². The molecule has 0 bridgehead atoms. The number of rotatable bonds is 3. The Bertz CT molecular complexity index is 887. The molecule has 0 spiro atoms. The highest BCUT2D eigenvalue weighted by molar-refractivity contribution is 5.90. The Balaban J connectivity index is 0. The Labute approximate surface area is 213 Å². The van der Waals surface area contributed by atoms with Crippen LogP contribution in [-0.4, -0.2) is 40.6 Å². The molecule has 35 heavy (non-hydrogen) atoms. The van der Waals surface area contributed by atoms with Crippen molar-refractivity contribution in [2.24, 2.45) is 0 Å². The van der Waals surface area contributed by atoms with Gasteiger partial charge >= 0.3 is 0 Å². The predicted molar refractivity (Wildman–Crippen MR) is 148 cm³/mol.